The van der Waals surface area contributed by atoms with Crippen molar-refractivity contribution in [1.82, 2.24) is 0 Å². The predicted octanol–water partition coefficient (Wildman–Crippen LogP) is 3.57. The summed E-state index contributed by atoms with van der Waals surface area (Å²) in [6.07, 6.45) is 1.02. The van der Waals surface area contributed by atoms with E-state index in [0.717, 1.165) is 9.83 Å². The Kier molecular flexibility index (Phi) is 5.30. The SMILES string of the molecule is CS(=O)(=O)Nc1cc(C(=O)Nc2ccc(I)cc2)ccc1Cl. The van der Waals surface area contributed by atoms with E-state index in [1.807, 2.05) is 12.1 Å². The minimum atomic E-state index is -3.47. The lowest BCUT2D eigenvalue weighted by Crippen LogP contribution is -2.14. The molecule has 0 radical (unpaired) electrons. The highest BCUT2D eigenvalue weighted by Crippen LogP contribution is 2.24. The first kappa shape index (κ1) is 17.0. The number of carbonyl (C=O) groups is 1. The normalized spacial score (nSPS) is 11.0. The van der Waals surface area contributed by atoms with Crippen LogP contribution in [-0.4, -0.2) is 20.6 Å². The van der Waals surface area contributed by atoms with Gasteiger partial charge < -0.3 is 5.32 Å². The second-order valence-electron chi connectivity index (χ2n) is 4.53. The third-order valence-corrected chi connectivity index (χ3v) is 4.27. The number of carbonyl (C=O) groups excluding carboxylic acids is 1. The van der Waals surface area contributed by atoms with E-state index in [2.05, 4.69) is 32.6 Å². The smallest absolute Gasteiger partial charge is 0.255 e. The average molecular weight is 451 g/mol. The van der Waals surface area contributed by atoms with Gasteiger partial charge in [-0.05, 0) is 65.1 Å². The highest BCUT2D eigenvalue weighted by Gasteiger charge is 2.12. The van der Waals surface area contributed by atoms with Crippen LogP contribution in [0.4, 0.5) is 11.4 Å². The van der Waals surface area contributed by atoms with Crippen LogP contribution in [0, 0.1) is 3.57 Å². The number of hydrogen-bond acceptors (Lipinski definition) is 3. The Hall–Kier alpha value is -1.32. The van der Waals surface area contributed by atoms with E-state index in [1.165, 1.54) is 18.2 Å². The first-order chi connectivity index (χ1) is 10.2. The van der Waals surface area contributed by atoms with Crippen molar-refractivity contribution in [1.29, 1.82) is 0 Å². The van der Waals surface area contributed by atoms with Gasteiger partial charge in [-0.15, -0.1) is 0 Å². The van der Waals surface area contributed by atoms with E-state index in [1.54, 1.807) is 12.1 Å². The van der Waals surface area contributed by atoms with Gasteiger partial charge in [-0.2, -0.15) is 0 Å². The zero-order chi connectivity index (χ0) is 16.3. The number of anilines is 2. The lowest BCUT2D eigenvalue weighted by atomic mass is 10.2. The molecule has 0 aliphatic rings. The first-order valence-corrected chi connectivity index (χ1v) is 9.44. The summed E-state index contributed by atoms with van der Waals surface area (Å²) in [4.78, 5) is 12.2. The molecule has 0 aromatic heterocycles. The van der Waals surface area contributed by atoms with Crippen molar-refractivity contribution in [3.63, 3.8) is 0 Å². The monoisotopic (exact) mass is 450 g/mol. The van der Waals surface area contributed by atoms with Gasteiger partial charge in [0, 0.05) is 14.8 Å². The fourth-order valence-electron chi connectivity index (χ4n) is 1.68. The number of amides is 1. The molecule has 0 aliphatic heterocycles. The van der Waals surface area contributed by atoms with Crippen molar-refractivity contribution in [3.8, 4) is 0 Å². The van der Waals surface area contributed by atoms with Crippen molar-refractivity contribution >= 4 is 61.5 Å². The molecule has 0 fully saturated rings. The molecule has 0 atom stereocenters. The maximum Gasteiger partial charge on any atom is 0.255 e. The summed E-state index contributed by atoms with van der Waals surface area (Å²) in [5.41, 5.74) is 1.12. The molecule has 5 nitrogen and oxygen atoms in total. The van der Waals surface area contributed by atoms with Crippen LogP contribution in [0.2, 0.25) is 5.02 Å². The van der Waals surface area contributed by atoms with E-state index in [4.69, 9.17) is 11.6 Å². The second-order valence-corrected chi connectivity index (χ2v) is 7.93. The van der Waals surface area contributed by atoms with Gasteiger partial charge in [-0.25, -0.2) is 8.42 Å². The number of sulfonamides is 1. The fourth-order valence-corrected chi connectivity index (χ4v) is 2.83. The number of halogens is 2. The zero-order valence-electron chi connectivity index (χ0n) is 11.4. The molecule has 0 saturated carbocycles. The summed E-state index contributed by atoms with van der Waals surface area (Å²) in [5, 5.41) is 2.95. The van der Waals surface area contributed by atoms with Gasteiger partial charge in [0.1, 0.15) is 0 Å². The van der Waals surface area contributed by atoms with Crippen molar-refractivity contribution in [3.05, 3.63) is 56.6 Å². The Labute approximate surface area is 147 Å². The topological polar surface area (TPSA) is 75.3 Å². The number of benzene rings is 2. The Morgan fingerprint density at radius 3 is 2.36 bits per heavy atom. The standard InChI is InChI=1S/C14H12ClIN2O3S/c1-22(20,21)18-13-8-9(2-7-12(13)15)14(19)17-11-5-3-10(16)4-6-11/h2-8,18H,1H3,(H,17,19). The van der Waals surface area contributed by atoms with Gasteiger partial charge >= 0.3 is 0 Å². The van der Waals surface area contributed by atoms with Crippen LogP contribution < -0.4 is 10.0 Å². The van der Waals surface area contributed by atoms with Gasteiger partial charge in [0.25, 0.3) is 5.91 Å². The molecule has 0 heterocycles. The fraction of sp³-hybridized carbons (Fsp3) is 0.0714. The van der Waals surface area contributed by atoms with E-state index >= 15 is 0 Å². The molecule has 2 N–H and O–H groups in total. The third-order valence-electron chi connectivity index (χ3n) is 2.63. The third kappa shape index (κ3) is 4.85. The molecule has 0 aliphatic carbocycles. The molecule has 2 rings (SSSR count). The van der Waals surface area contributed by atoms with E-state index in [-0.39, 0.29) is 16.6 Å². The van der Waals surface area contributed by atoms with Crippen molar-refractivity contribution in [2.24, 2.45) is 0 Å². The minimum Gasteiger partial charge on any atom is -0.322 e. The summed E-state index contributed by atoms with van der Waals surface area (Å²) in [5.74, 6) is -0.352. The predicted molar refractivity (Wildman–Crippen MR) is 97.0 cm³/mol. The minimum absolute atomic E-state index is 0.166. The van der Waals surface area contributed by atoms with Gasteiger partial charge in [0.05, 0.1) is 17.0 Å². The number of rotatable bonds is 4. The summed E-state index contributed by atoms with van der Waals surface area (Å²) >= 11 is 8.09. The summed E-state index contributed by atoms with van der Waals surface area (Å²) in [6.45, 7) is 0. The molecular weight excluding hydrogens is 439 g/mol. The summed E-state index contributed by atoms with van der Waals surface area (Å²) < 4.78 is 25.9. The Bertz CT molecular complexity index is 807. The van der Waals surface area contributed by atoms with Gasteiger partial charge in [-0.3, -0.25) is 9.52 Å². The second kappa shape index (κ2) is 6.84. The van der Waals surface area contributed by atoms with Crippen LogP contribution in [0.15, 0.2) is 42.5 Å². The summed E-state index contributed by atoms with van der Waals surface area (Å²) in [7, 11) is -3.47. The molecule has 2 aromatic carbocycles. The largest absolute Gasteiger partial charge is 0.322 e. The van der Waals surface area contributed by atoms with Crippen LogP contribution in [-0.2, 0) is 10.0 Å². The first-order valence-electron chi connectivity index (χ1n) is 6.09. The van der Waals surface area contributed by atoms with Gasteiger partial charge in [0.15, 0.2) is 0 Å². The summed E-state index contributed by atoms with van der Waals surface area (Å²) in [6, 6.07) is 11.7. The maximum absolute atomic E-state index is 12.2. The van der Waals surface area contributed by atoms with Crippen LogP contribution in [0.25, 0.3) is 0 Å². The Morgan fingerprint density at radius 2 is 1.77 bits per heavy atom. The van der Waals surface area contributed by atoms with Gasteiger partial charge in [-0.1, -0.05) is 11.6 Å². The Balaban J connectivity index is 2.23. The zero-order valence-corrected chi connectivity index (χ0v) is 15.2. The molecule has 0 saturated heterocycles. The lowest BCUT2D eigenvalue weighted by Gasteiger charge is -2.09. The Morgan fingerprint density at radius 1 is 1.14 bits per heavy atom. The average Bonchev–Trinajstić information content (AvgIpc) is 2.42. The molecule has 116 valence electrons. The van der Waals surface area contributed by atoms with Crippen molar-refractivity contribution < 1.29 is 13.2 Å². The molecule has 1 amide bonds. The number of hydrogen-bond donors (Lipinski definition) is 2. The highest BCUT2D eigenvalue weighted by molar-refractivity contribution is 14.1. The molecule has 0 bridgehead atoms. The van der Waals surface area contributed by atoms with Gasteiger partial charge in [0.2, 0.25) is 10.0 Å². The lowest BCUT2D eigenvalue weighted by molar-refractivity contribution is 0.102. The molecule has 0 unspecified atom stereocenters. The maximum atomic E-state index is 12.2. The molecule has 0 spiro atoms. The highest BCUT2D eigenvalue weighted by atomic mass is 127. The van der Waals surface area contributed by atoms with Crippen molar-refractivity contribution in [2.45, 2.75) is 0 Å². The van der Waals surface area contributed by atoms with E-state index in [0.29, 0.717) is 11.3 Å². The molecule has 8 heteroatoms. The molecule has 22 heavy (non-hydrogen) atoms. The van der Waals surface area contributed by atoms with E-state index in [9.17, 15) is 13.2 Å². The number of nitrogens with one attached hydrogen (secondary N) is 2. The molecular formula is C14H12ClIN2O3S. The van der Waals surface area contributed by atoms with Crippen LogP contribution in [0.1, 0.15) is 10.4 Å². The quantitative estimate of drug-likeness (QED) is 0.699. The van der Waals surface area contributed by atoms with Crippen molar-refractivity contribution in [2.75, 3.05) is 16.3 Å². The van der Waals surface area contributed by atoms with Crippen LogP contribution >= 0.6 is 34.2 Å². The molecule has 2 aromatic rings. The van der Waals surface area contributed by atoms with Crippen LogP contribution in [0.3, 0.4) is 0 Å². The van der Waals surface area contributed by atoms with E-state index < -0.39 is 10.0 Å². The van der Waals surface area contributed by atoms with Crippen LogP contribution in [0.5, 0.6) is 0 Å².